The molecule has 1 N–H and O–H groups in total. The zero-order valence-electron chi connectivity index (χ0n) is 15.4. The van der Waals surface area contributed by atoms with Gasteiger partial charge in [0.05, 0.1) is 0 Å². The molecule has 26 heavy (non-hydrogen) atoms. The van der Waals surface area contributed by atoms with E-state index in [-0.39, 0.29) is 17.0 Å². The molecule has 0 unspecified atom stereocenters. The van der Waals surface area contributed by atoms with Crippen LogP contribution in [0.1, 0.15) is 34.6 Å². The quantitative estimate of drug-likeness (QED) is 0.890. The third-order valence-electron chi connectivity index (χ3n) is 5.06. The van der Waals surface area contributed by atoms with E-state index < -0.39 is 0 Å². The van der Waals surface area contributed by atoms with Crippen molar-refractivity contribution in [3.05, 3.63) is 63.8 Å². The lowest BCUT2D eigenvalue weighted by Crippen LogP contribution is -2.49. The van der Waals surface area contributed by atoms with Crippen LogP contribution in [0.25, 0.3) is 0 Å². The molecule has 3 rings (SSSR count). The number of H-pyrrole nitrogens is 1. The Balaban J connectivity index is 1.61. The van der Waals surface area contributed by atoms with Gasteiger partial charge >= 0.3 is 0 Å². The second kappa shape index (κ2) is 8.27. The van der Waals surface area contributed by atoms with E-state index in [2.05, 4.69) is 46.2 Å². The Labute approximate surface area is 153 Å². The average molecular weight is 354 g/mol. The van der Waals surface area contributed by atoms with E-state index >= 15 is 0 Å². The normalized spacial score (nSPS) is 17.5. The molecule has 0 bridgehead atoms. The van der Waals surface area contributed by atoms with Crippen LogP contribution >= 0.6 is 0 Å². The van der Waals surface area contributed by atoms with Gasteiger partial charge in [0.25, 0.3) is 11.5 Å². The fourth-order valence-corrected chi connectivity index (χ4v) is 3.44. The number of nitrogens with zero attached hydrogens (tertiary/aromatic N) is 3. The summed E-state index contributed by atoms with van der Waals surface area (Å²) in [5.41, 5.74) is 1.09. The number of likely N-dealkylation sites (tertiary alicyclic amines) is 1. The van der Waals surface area contributed by atoms with Gasteiger partial charge in [0.1, 0.15) is 11.4 Å². The van der Waals surface area contributed by atoms with E-state index in [1.165, 1.54) is 11.8 Å². The summed E-state index contributed by atoms with van der Waals surface area (Å²) in [4.78, 5) is 35.5. The second-order valence-corrected chi connectivity index (χ2v) is 6.97. The lowest BCUT2D eigenvalue weighted by molar-refractivity contribution is 0.0609. The summed E-state index contributed by atoms with van der Waals surface area (Å²) < 4.78 is 0. The molecule has 1 aliphatic heterocycles. The van der Waals surface area contributed by atoms with Crippen molar-refractivity contribution in [2.24, 2.45) is 0 Å². The van der Waals surface area contributed by atoms with Crippen LogP contribution in [0.5, 0.6) is 0 Å². The highest BCUT2D eigenvalue weighted by Crippen LogP contribution is 2.17. The number of hydrogen-bond donors (Lipinski definition) is 1. The lowest BCUT2D eigenvalue weighted by Gasteiger charge is -2.37. The zero-order valence-corrected chi connectivity index (χ0v) is 15.4. The van der Waals surface area contributed by atoms with Crippen molar-refractivity contribution in [2.45, 2.75) is 32.2 Å². The van der Waals surface area contributed by atoms with Gasteiger partial charge in [-0.05, 0) is 38.8 Å². The summed E-state index contributed by atoms with van der Waals surface area (Å²) in [6.45, 7) is 3.99. The first kappa shape index (κ1) is 18.3. The van der Waals surface area contributed by atoms with Crippen LogP contribution in [0.3, 0.4) is 0 Å². The first-order chi connectivity index (χ1) is 12.5. The number of rotatable bonds is 5. The fourth-order valence-electron chi connectivity index (χ4n) is 3.44. The highest BCUT2D eigenvalue weighted by Gasteiger charge is 2.28. The predicted octanol–water partition coefficient (Wildman–Crippen LogP) is 1.86. The van der Waals surface area contributed by atoms with Gasteiger partial charge in [-0.2, -0.15) is 0 Å². The zero-order chi connectivity index (χ0) is 18.5. The molecule has 6 heteroatoms. The minimum absolute atomic E-state index is 0.128. The third-order valence-corrected chi connectivity index (χ3v) is 5.06. The number of hydrogen-bond acceptors (Lipinski definition) is 4. The Morgan fingerprint density at radius 2 is 2.12 bits per heavy atom. The first-order valence-electron chi connectivity index (χ1n) is 9.14. The van der Waals surface area contributed by atoms with Crippen LogP contribution in [0, 0.1) is 6.92 Å². The number of carbonyl (C=O) groups is 1. The van der Waals surface area contributed by atoms with E-state index in [0.29, 0.717) is 25.0 Å². The number of aromatic amines is 1. The lowest BCUT2D eigenvalue weighted by atomic mass is 10.0. The standard InChI is InChI=1S/C20H26N4O2/c1-15-21-13-18(19(25)22-15)20(26)24-11-6-9-17(14-24)23(2)12-10-16-7-4-3-5-8-16/h3-5,7-8,13,17H,6,9-12,14H2,1-2H3,(H,21,22,25)/t17-/m0/s1. The topological polar surface area (TPSA) is 69.3 Å². The molecule has 1 aromatic heterocycles. The molecule has 1 atom stereocenters. The molecule has 1 amide bonds. The van der Waals surface area contributed by atoms with Gasteiger partial charge in [0, 0.05) is 31.9 Å². The molecule has 1 fully saturated rings. The number of piperidine rings is 1. The first-order valence-corrected chi connectivity index (χ1v) is 9.14. The molecule has 2 heterocycles. The van der Waals surface area contributed by atoms with Gasteiger partial charge in [0.15, 0.2) is 0 Å². The summed E-state index contributed by atoms with van der Waals surface area (Å²) >= 11 is 0. The van der Waals surface area contributed by atoms with E-state index in [1.807, 2.05) is 6.07 Å². The number of likely N-dealkylation sites (N-methyl/N-ethyl adjacent to an activating group) is 1. The summed E-state index contributed by atoms with van der Waals surface area (Å²) in [5.74, 6) is 0.295. The summed E-state index contributed by atoms with van der Waals surface area (Å²) in [7, 11) is 2.11. The Morgan fingerprint density at radius 3 is 2.85 bits per heavy atom. The summed E-state index contributed by atoms with van der Waals surface area (Å²) in [6, 6.07) is 10.7. The maximum atomic E-state index is 12.7. The van der Waals surface area contributed by atoms with Crippen LogP contribution in [0.2, 0.25) is 0 Å². The van der Waals surface area contributed by atoms with Crippen molar-refractivity contribution >= 4 is 5.91 Å². The Morgan fingerprint density at radius 1 is 1.35 bits per heavy atom. The minimum atomic E-state index is -0.359. The molecule has 6 nitrogen and oxygen atoms in total. The molecule has 2 aromatic rings. The summed E-state index contributed by atoms with van der Waals surface area (Å²) in [6.07, 6.45) is 4.39. The molecule has 0 radical (unpaired) electrons. The molecule has 138 valence electrons. The van der Waals surface area contributed by atoms with Crippen molar-refractivity contribution < 1.29 is 4.79 Å². The maximum absolute atomic E-state index is 12.7. The van der Waals surface area contributed by atoms with E-state index in [0.717, 1.165) is 25.8 Å². The number of aromatic nitrogens is 2. The van der Waals surface area contributed by atoms with Crippen LogP contribution < -0.4 is 5.56 Å². The van der Waals surface area contributed by atoms with Gasteiger partial charge in [0.2, 0.25) is 0 Å². The average Bonchev–Trinajstić information content (AvgIpc) is 2.66. The van der Waals surface area contributed by atoms with Gasteiger partial charge in [-0.3, -0.25) is 9.59 Å². The van der Waals surface area contributed by atoms with E-state index in [1.54, 1.807) is 11.8 Å². The van der Waals surface area contributed by atoms with Crippen molar-refractivity contribution in [3.8, 4) is 0 Å². The Kier molecular flexibility index (Phi) is 5.83. The van der Waals surface area contributed by atoms with Crippen LogP contribution in [0.15, 0.2) is 41.3 Å². The van der Waals surface area contributed by atoms with E-state index in [9.17, 15) is 9.59 Å². The van der Waals surface area contributed by atoms with Crippen molar-refractivity contribution in [2.75, 3.05) is 26.7 Å². The maximum Gasteiger partial charge on any atom is 0.263 e. The van der Waals surface area contributed by atoms with Gasteiger partial charge in [-0.1, -0.05) is 30.3 Å². The number of nitrogens with one attached hydrogen (secondary N) is 1. The molecular weight excluding hydrogens is 328 g/mol. The molecule has 1 aliphatic rings. The summed E-state index contributed by atoms with van der Waals surface area (Å²) in [5, 5.41) is 0. The molecule has 0 aliphatic carbocycles. The molecule has 0 saturated carbocycles. The van der Waals surface area contributed by atoms with Crippen molar-refractivity contribution in [1.29, 1.82) is 0 Å². The van der Waals surface area contributed by atoms with Crippen LogP contribution in [-0.4, -0.2) is 58.4 Å². The Bertz CT molecular complexity index is 803. The number of benzene rings is 1. The molecular formula is C20H26N4O2. The van der Waals surface area contributed by atoms with Gasteiger partial charge in [-0.15, -0.1) is 0 Å². The highest BCUT2D eigenvalue weighted by molar-refractivity contribution is 5.93. The van der Waals surface area contributed by atoms with Crippen LogP contribution in [-0.2, 0) is 6.42 Å². The van der Waals surface area contributed by atoms with Gasteiger partial charge < -0.3 is 14.8 Å². The van der Waals surface area contributed by atoms with Crippen molar-refractivity contribution in [1.82, 2.24) is 19.8 Å². The fraction of sp³-hybridized carbons (Fsp3) is 0.450. The Hall–Kier alpha value is -2.47. The SMILES string of the molecule is Cc1ncc(C(=O)N2CCC[C@H](N(C)CCc3ccccc3)C2)c(=O)[nH]1. The van der Waals surface area contributed by atoms with Gasteiger partial charge in [-0.25, -0.2) is 4.98 Å². The van der Waals surface area contributed by atoms with E-state index in [4.69, 9.17) is 0 Å². The molecule has 0 spiro atoms. The number of carbonyl (C=O) groups excluding carboxylic acids is 1. The minimum Gasteiger partial charge on any atom is -0.337 e. The smallest absolute Gasteiger partial charge is 0.263 e. The molecule has 1 aromatic carbocycles. The monoisotopic (exact) mass is 354 g/mol. The molecule has 1 saturated heterocycles. The second-order valence-electron chi connectivity index (χ2n) is 6.97. The largest absolute Gasteiger partial charge is 0.337 e. The predicted molar refractivity (Wildman–Crippen MR) is 101 cm³/mol. The number of aryl methyl sites for hydroxylation is 1. The van der Waals surface area contributed by atoms with Crippen LogP contribution in [0.4, 0.5) is 0 Å². The highest BCUT2D eigenvalue weighted by atomic mass is 16.2. The third kappa shape index (κ3) is 4.38. The number of amides is 1. The van der Waals surface area contributed by atoms with Crippen molar-refractivity contribution in [3.63, 3.8) is 0 Å².